The molecule has 0 radical (unpaired) electrons. The molecular weight excluding hydrogens is 960 g/mol. The fraction of sp³-hybridized carbons (Fsp3) is 0.426. The highest BCUT2D eigenvalue weighted by atomic mass is 35.5. The number of carbonyl (C=O) groups excluding carboxylic acids is 4. The lowest BCUT2D eigenvalue weighted by atomic mass is 9.98. The largest absolute Gasteiger partial charge is 0.487 e. The Balaban J connectivity index is 0.000000873. The third-order valence-electron chi connectivity index (χ3n) is 11.3. The number of fused-ring (bicyclic) bond motifs is 4. The van der Waals surface area contributed by atoms with Gasteiger partial charge in [0, 0.05) is 60.9 Å². The number of carbonyl (C=O) groups is 5. The highest BCUT2D eigenvalue weighted by Crippen LogP contribution is 2.45. The molecule has 2 atom stereocenters. The number of aromatic nitrogens is 1. The number of amides is 4. The first-order valence-corrected chi connectivity index (χ1v) is 25.9. The Kier molecular flexibility index (Phi) is 27.2. The van der Waals surface area contributed by atoms with Crippen LogP contribution in [0, 0.1) is 0 Å². The summed E-state index contributed by atoms with van der Waals surface area (Å²) in [5.74, 6) is -1.55. The van der Waals surface area contributed by atoms with Crippen molar-refractivity contribution in [2.24, 2.45) is 11.5 Å². The van der Waals surface area contributed by atoms with Gasteiger partial charge in [-0.1, -0.05) is 108 Å². The highest BCUT2D eigenvalue weighted by molar-refractivity contribution is 6.19. The Morgan fingerprint density at radius 1 is 0.833 bits per heavy atom. The molecular formula is C54H74Cl2N8O8. The van der Waals surface area contributed by atoms with Crippen LogP contribution in [0.3, 0.4) is 0 Å². The van der Waals surface area contributed by atoms with Crippen LogP contribution >= 0.6 is 23.2 Å². The number of carboxylic acid groups (broad SMARTS) is 1. The fourth-order valence-corrected chi connectivity index (χ4v) is 8.07. The first-order valence-electron chi connectivity index (χ1n) is 24.6. The number of alkyl halides is 2. The van der Waals surface area contributed by atoms with Crippen molar-refractivity contribution in [1.82, 2.24) is 15.6 Å². The third-order valence-corrected chi connectivity index (χ3v) is 11.7. The molecule has 4 aromatic carbocycles. The second kappa shape index (κ2) is 32.6. The molecule has 5 aromatic rings. The number of halogens is 2. The molecule has 0 saturated heterocycles. The van der Waals surface area contributed by atoms with Crippen molar-refractivity contribution in [2.45, 2.75) is 98.3 Å². The molecule has 72 heavy (non-hydrogen) atoms. The van der Waals surface area contributed by atoms with Crippen LogP contribution in [0.25, 0.3) is 10.9 Å². The van der Waals surface area contributed by atoms with E-state index in [4.69, 9.17) is 37.6 Å². The van der Waals surface area contributed by atoms with E-state index >= 15 is 0 Å². The maximum atomic E-state index is 14.0. The number of H-pyrrole nitrogens is 1. The van der Waals surface area contributed by atoms with Crippen LogP contribution < -0.4 is 46.7 Å². The Morgan fingerprint density at radius 2 is 1.43 bits per heavy atom. The molecule has 18 heteroatoms. The summed E-state index contributed by atoms with van der Waals surface area (Å²) in [4.78, 5) is 70.2. The maximum Gasteiger partial charge on any atom is 0.322 e. The summed E-state index contributed by atoms with van der Waals surface area (Å²) in [5.41, 5.74) is 16.2. The minimum atomic E-state index is -1.16. The zero-order chi connectivity index (χ0) is 53.0. The molecule has 0 spiro atoms. The summed E-state index contributed by atoms with van der Waals surface area (Å²) in [6, 6.07) is 25.5. The lowest BCUT2D eigenvalue weighted by molar-refractivity contribution is -0.138. The Hall–Kier alpha value is -6.33. The average Bonchev–Trinajstić information content (AvgIpc) is 4.16. The van der Waals surface area contributed by atoms with Gasteiger partial charge in [-0.3, -0.25) is 24.0 Å². The predicted molar refractivity (Wildman–Crippen MR) is 291 cm³/mol. The topological polar surface area (TPSA) is 234 Å². The van der Waals surface area contributed by atoms with Gasteiger partial charge in [0.1, 0.15) is 43.0 Å². The molecule has 2 aliphatic heterocycles. The van der Waals surface area contributed by atoms with E-state index in [1.54, 1.807) is 28.0 Å². The number of nitrogens with zero attached hydrogens (tertiary/aromatic N) is 2. The van der Waals surface area contributed by atoms with Gasteiger partial charge < -0.3 is 56.8 Å². The molecule has 9 N–H and O–H groups in total. The molecule has 0 aliphatic carbocycles. The van der Waals surface area contributed by atoms with Crippen LogP contribution in [0.5, 0.6) is 11.5 Å². The minimum absolute atomic E-state index is 0.165. The van der Waals surface area contributed by atoms with E-state index in [9.17, 15) is 24.0 Å². The molecule has 0 saturated carbocycles. The number of hydrogen-bond donors (Lipinski definition) is 7. The molecule has 4 amide bonds. The number of nitrogens with one attached hydrogen (secondary N) is 4. The maximum absolute atomic E-state index is 14.0. The van der Waals surface area contributed by atoms with Gasteiger partial charge in [0.25, 0.3) is 5.91 Å². The lowest BCUT2D eigenvalue weighted by Crippen LogP contribution is -2.41. The van der Waals surface area contributed by atoms with Crippen molar-refractivity contribution >= 4 is 81.3 Å². The van der Waals surface area contributed by atoms with Gasteiger partial charge in [0.15, 0.2) is 0 Å². The van der Waals surface area contributed by atoms with Crippen LogP contribution in [-0.2, 0) is 38.8 Å². The Morgan fingerprint density at radius 3 is 1.94 bits per heavy atom. The average molecular weight is 1030 g/mol. The molecule has 0 bridgehead atoms. The molecule has 1 unspecified atom stereocenters. The molecule has 0 fully saturated rings. The predicted octanol–water partition coefficient (Wildman–Crippen LogP) is 8.71. The van der Waals surface area contributed by atoms with Crippen LogP contribution in [0.2, 0.25) is 0 Å². The number of rotatable bonds is 21. The number of benzene rings is 4. The second-order valence-electron chi connectivity index (χ2n) is 16.4. The highest BCUT2D eigenvalue weighted by Gasteiger charge is 2.34. The van der Waals surface area contributed by atoms with Crippen LogP contribution in [0.4, 0.5) is 17.1 Å². The first-order chi connectivity index (χ1) is 35.0. The molecule has 7 rings (SSSR count). The van der Waals surface area contributed by atoms with Gasteiger partial charge in [-0.15, -0.1) is 23.2 Å². The van der Waals surface area contributed by atoms with Gasteiger partial charge in [0.2, 0.25) is 18.2 Å². The molecule has 392 valence electrons. The van der Waals surface area contributed by atoms with Crippen molar-refractivity contribution in [3.63, 3.8) is 0 Å². The summed E-state index contributed by atoms with van der Waals surface area (Å²) >= 11 is 11.0. The number of hydrogen-bond acceptors (Lipinski definition) is 10. The quantitative estimate of drug-likeness (QED) is 0.0271. The summed E-state index contributed by atoms with van der Waals surface area (Å²) in [6.07, 6.45) is 7.85. The van der Waals surface area contributed by atoms with E-state index in [1.165, 1.54) is 32.1 Å². The molecule has 2 aliphatic rings. The van der Waals surface area contributed by atoms with E-state index in [1.807, 2.05) is 87.5 Å². The third kappa shape index (κ3) is 17.2. The summed E-state index contributed by atoms with van der Waals surface area (Å²) in [5, 5.41) is 18.1. The number of anilines is 3. The normalized spacial score (nSPS) is 13.6. The number of aromatic amines is 1. The van der Waals surface area contributed by atoms with E-state index in [0.717, 1.165) is 36.2 Å². The van der Waals surface area contributed by atoms with Crippen LogP contribution in [-0.4, -0.2) is 97.8 Å². The summed E-state index contributed by atoms with van der Waals surface area (Å²) in [7, 11) is 0. The first kappa shape index (κ1) is 60.0. The van der Waals surface area contributed by atoms with Crippen molar-refractivity contribution < 1.29 is 38.6 Å². The van der Waals surface area contributed by atoms with Crippen LogP contribution in [0.1, 0.15) is 105 Å². The van der Waals surface area contributed by atoms with Gasteiger partial charge in [-0.25, -0.2) is 0 Å². The van der Waals surface area contributed by atoms with Crippen molar-refractivity contribution in [3.05, 3.63) is 113 Å². The summed E-state index contributed by atoms with van der Waals surface area (Å²) < 4.78 is 12.5. The number of aliphatic carboxylic acids is 1. The Bertz CT molecular complexity index is 2450. The summed E-state index contributed by atoms with van der Waals surface area (Å²) in [6.45, 7) is 12.2. The Labute approximate surface area is 434 Å². The van der Waals surface area contributed by atoms with Gasteiger partial charge in [-0.2, -0.15) is 0 Å². The van der Waals surface area contributed by atoms with Crippen molar-refractivity contribution in [2.75, 3.05) is 66.6 Å². The second-order valence-corrected chi connectivity index (χ2v) is 16.7. The molecule has 1 aromatic heterocycles. The number of unbranched alkanes of at least 4 members (excludes halogenated alkanes) is 2. The van der Waals surface area contributed by atoms with Crippen molar-refractivity contribution in [3.8, 4) is 11.5 Å². The number of nitrogens with two attached hydrogens (primary N) is 2. The van der Waals surface area contributed by atoms with E-state index in [2.05, 4.69) is 46.4 Å². The minimum Gasteiger partial charge on any atom is -0.487 e. The van der Waals surface area contributed by atoms with Gasteiger partial charge >= 0.3 is 5.97 Å². The molecule has 16 nitrogen and oxygen atoms in total. The van der Waals surface area contributed by atoms with E-state index in [-0.39, 0.29) is 49.6 Å². The fourth-order valence-electron chi connectivity index (χ4n) is 7.82. The number of ether oxygens (including phenoxy) is 2. The van der Waals surface area contributed by atoms with Crippen molar-refractivity contribution in [1.29, 1.82) is 0 Å². The van der Waals surface area contributed by atoms with Crippen LogP contribution in [0.15, 0.2) is 84.9 Å². The van der Waals surface area contributed by atoms with Gasteiger partial charge in [0.05, 0.1) is 23.4 Å². The SMILES string of the molecule is CC.CCCCN.CCCCN.CCCN(C(=O)CNC(=O)c1cc2c3c(cc(OCc4ccccc4)c2[nH]1)N(C=O)C[C@H]3CCl)c1cc2c(c(OCc3ccccc3)c1)NC(C(=O)NCC(=O)O)C2.CCl. The standard InChI is InChI=1S/C43H43ClN6O8.2C4H11N.C2H6.CH3Cl/c1-2-13-50(30-14-28-15-32(42(55)46-21-38(53)54)47-40(28)35(16-30)57-23-26-9-5-3-6-10-26)37(52)20-45-43(56)33-17-31-39-29(19-44)22-49(25-51)34(39)18-36(41(31)48-33)58-24-27-11-7-4-8-12-27;2*1-2-3-4-5;2*1-2/h3-12,14,16-18,25,29,32,47-48H,2,13,15,19-24H2,1H3,(H,45,56)(H,46,55)(H,53,54);2*2-5H2,1H3;1-2H3;1H3/t29-,32?;;;;/m1..../s1. The molecule has 3 heterocycles. The van der Waals surface area contributed by atoms with E-state index < -0.39 is 30.4 Å². The smallest absolute Gasteiger partial charge is 0.322 e. The van der Waals surface area contributed by atoms with Gasteiger partial charge in [-0.05, 0) is 66.7 Å². The number of carboxylic acids is 1. The lowest BCUT2D eigenvalue weighted by Gasteiger charge is -2.24. The van der Waals surface area contributed by atoms with E-state index in [0.29, 0.717) is 64.5 Å². The monoisotopic (exact) mass is 1030 g/mol. The zero-order valence-electron chi connectivity index (χ0n) is 42.5. The zero-order valence-corrected chi connectivity index (χ0v) is 44.0.